The van der Waals surface area contributed by atoms with Crippen LogP contribution in [0.25, 0.3) is 16.8 Å². The molecule has 88 valence electrons. The summed E-state index contributed by atoms with van der Waals surface area (Å²) in [4.78, 5) is 0. The van der Waals surface area contributed by atoms with Gasteiger partial charge in [0.05, 0.1) is 7.11 Å². The number of hydrogen-bond donors (Lipinski definition) is 1. The van der Waals surface area contributed by atoms with Crippen LogP contribution in [0.3, 0.4) is 0 Å². The number of benzene rings is 2. The molecule has 2 rings (SSSR count). The molecule has 0 saturated heterocycles. The summed E-state index contributed by atoms with van der Waals surface area (Å²) in [7, 11) is 1.69. The minimum absolute atomic E-state index is 0.0404. The van der Waals surface area contributed by atoms with Crippen molar-refractivity contribution in [2.24, 2.45) is 5.73 Å². The first-order valence-electron chi connectivity index (χ1n) is 5.72. The zero-order valence-electron chi connectivity index (χ0n) is 10.2. The maximum Gasteiger partial charge on any atom is 0.126 e. The molecule has 2 heteroatoms. The van der Waals surface area contributed by atoms with Crippen molar-refractivity contribution in [2.75, 3.05) is 7.11 Å². The fraction of sp³-hybridized carbons (Fsp3) is 0.200. The van der Waals surface area contributed by atoms with Crippen molar-refractivity contribution in [2.45, 2.75) is 13.0 Å². The summed E-state index contributed by atoms with van der Waals surface area (Å²) in [5, 5.41) is 2.39. The number of fused-ring (bicyclic) bond motifs is 1. The third-order valence-electron chi connectivity index (χ3n) is 2.72. The lowest BCUT2D eigenvalue weighted by atomic mass is 10.0. The first-order chi connectivity index (χ1) is 8.22. The quantitative estimate of drug-likeness (QED) is 0.873. The molecule has 0 aliphatic carbocycles. The Labute approximate surface area is 102 Å². The summed E-state index contributed by atoms with van der Waals surface area (Å²) in [6.45, 7) is 1.95. The summed E-state index contributed by atoms with van der Waals surface area (Å²) >= 11 is 0. The van der Waals surface area contributed by atoms with Crippen molar-refractivity contribution in [1.82, 2.24) is 0 Å². The van der Waals surface area contributed by atoms with E-state index >= 15 is 0 Å². The number of methoxy groups -OCH3 is 1. The Morgan fingerprint density at radius 2 is 1.94 bits per heavy atom. The Hall–Kier alpha value is -1.80. The molecule has 0 fully saturated rings. The van der Waals surface area contributed by atoms with Crippen LogP contribution in [0, 0.1) is 0 Å². The van der Waals surface area contributed by atoms with Gasteiger partial charge in [-0.05, 0) is 23.8 Å². The molecule has 0 heterocycles. The Bertz CT molecular complexity index is 544. The van der Waals surface area contributed by atoms with E-state index in [0.717, 1.165) is 11.3 Å². The maximum absolute atomic E-state index is 5.75. The van der Waals surface area contributed by atoms with Gasteiger partial charge in [-0.2, -0.15) is 0 Å². The van der Waals surface area contributed by atoms with Gasteiger partial charge in [-0.3, -0.25) is 0 Å². The Balaban J connectivity index is 2.63. The molecule has 2 aromatic rings. The molecular formula is C15H17NO. The highest BCUT2D eigenvalue weighted by molar-refractivity contribution is 5.93. The molecule has 2 N–H and O–H groups in total. The molecule has 1 atom stereocenters. The molecule has 0 aliphatic heterocycles. The van der Waals surface area contributed by atoms with Crippen molar-refractivity contribution >= 4 is 16.8 Å². The van der Waals surface area contributed by atoms with Gasteiger partial charge in [-0.1, -0.05) is 42.5 Å². The molecule has 0 spiro atoms. The lowest BCUT2D eigenvalue weighted by Crippen LogP contribution is -2.09. The van der Waals surface area contributed by atoms with Crippen LogP contribution < -0.4 is 10.5 Å². The third-order valence-corrected chi connectivity index (χ3v) is 2.72. The molecule has 0 bridgehead atoms. The van der Waals surface area contributed by atoms with E-state index in [-0.39, 0.29) is 6.04 Å². The SMILES string of the molecule is COc1ccc2ccccc2c1/C=C/C(C)N. The van der Waals surface area contributed by atoms with E-state index in [9.17, 15) is 0 Å². The molecule has 2 nitrogen and oxygen atoms in total. The molecule has 0 aliphatic rings. The number of nitrogens with two attached hydrogens (primary N) is 1. The van der Waals surface area contributed by atoms with Gasteiger partial charge >= 0.3 is 0 Å². The highest BCUT2D eigenvalue weighted by Gasteiger charge is 2.04. The molecule has 0 aromatic heterocycles. The number of rotatable bonds is 3. The van der Waals surface area contributed by atoms with Gasteiger partial charge in [0.25, 0.3) is 0 Å². The lowest BCUT2D eigenvalue weighted by molar-refractivity contribution is 0.414. The highest BCUT2D eigenvalue weighted by Crippen LogP contribution is 2.29. The maximum atomic E-state index is 5.75. The number of ether oxygens (including phenoxy) is 1. The van der Waals surface area contributed by atoms with Crippen molar-refractivity contribution < 1.29 is 4.74 Å². The second kappa shape index (κ2) is 5.02. The highest BCUT2D eigenvalue weighted by atomic mass is 16.5. The molecular weight excluding hydrogens is 210 g/mol. The molecule has 2 aromatic carbocycles. The number of hydrogen-bond acceptors (Lipinski definition) is 2. The van der Waals surface area contributed by atoms with Crippen molar-refractivity contribution in [3.05, 3.63) is 48.0 Å². The smallest absolute Gasteiger partial charge is 0.126 e. The van der Waals surface area contributed by atoms with E-state index in [1.54, 1.807) is 7.11 Å². The van der Waals surface area contributed by atoms with E-state index in [2.05, 4.69) is 18.2 Å². The van der Waals surface area contributed by atoms with Crippen molar-refractivity contribution in [1.29, 1.82) is 0 Å². The van der Waals surface area contributed by atoms with Gasteiger partial charge in [0.1, 0.15) is 5.75 Å². The summed E-state index contributed by atoms with van der Waals surface area (Å²) < 4.78 is 5.39. The minimum Gasteiger partial charge on any atom is -0.496 e. The van der Waals surface area contributed by atoms with Crippen LogP contribution in [0.4, 0.5) is 0 Å². The van der Waals surface area contributed by atoms with Crippen LogP contribution in [-0.2, 0) is 0 Å². The molecule has 0 radical (unpaired) electrons. The Morgan fingerprint density at radius 3 is 2.65 bits per heavy atom. The van der Waals surface area contributed by atoms with Gasteiger partial charge < -0.3 is 10.5 Å². The third kappa shape index (κ3) is 2.48. The summed E-state index contributed by atoms with van der Waals surface area (Å²) in [6.07, 6.45) is 4.01. The summed E-state index contributed by atoms with van der Waals surface area (Å²) in [5.74, 6) is 0.876. The topological polar surface area (TPSA) is 35.2 Å². The van der Waals surface area contributed by atoms with Gasteiger partial charge in [0.15, 0.2) is 0 Å². The van der Waals surface area contributed by atoms with Gasteiger partial charge in [-0.25, -0.2) is 0 Å². The van der Waals surface area contributed by atoms with Crippen LogP contribution in [0.1, 0.15) is 12.5 Å². The Kier molecular flexibility index (Phi) is 3.45. The van der Waals surface area contributed by atoms with E-state index < -0.39 is 0 Å². The predicted octanol–water partition coefficient (Wildman–Crippen LogP) is 3.21. The average molecular weight is 227 g/mol. The second-order valence-corrected chi connectivity index (χ2v) is 4.12. The van der Waals surface area contributed by atoms with Crippen molar-refractivity contribution in [3.63, 3.8) is 0 Å². The Morgan fingerprint density at radius 1 is 1.18 bits per heavy atom. The first-order valence-corrected chi connectivity index (χ1v) is 5.72. The lowest BCUT2D eigenvalue weighted by Gasteiger charge is -2.09. The molecule has 0 saturated carbocycles. The normalized spacial score (nSPS) is 13.1. The van der Waals surface area contributed by atoms with Gasteiger partial charge in [-0.15, -0.1) is 0 Å². The molecule has 17 heavy (non-hydrogen) atoms. The van der Waals surface area contributed by atoms with Crippen LogP contribution in [0.15, 0.2) is 42.5 Å². The zero-order chi connectivity index (χ0) is 12.3. The van der Waals surface area contributed by atoms with Crippen molar-refractivity contribution in [3.8, 4) is 5.75 Å². The predicted molar refractivity (Wildman–Crippen MR) is 73.2 cm³/mol. The summed E-state index contributed by atoms with van der Waals surface area (Å²) in [6, 6.07) is 12.4. The fourth-order valence-electron chi connectivity index (χ4n) is 1.87. The van der Waals surface area contributed by atoms with E-state index in [0.29, 0.717) is 0 Å². The van der Waals surface area contributed by atoms with E-state index in [1.165, 1.54) is 10.8 Å². The monoisotopic (exact) mass is 227 g/mol. The minimum atomic E-state index is 0.0404. The van der Waals surface area contributed by atoms with Crippen LogP contribution >= 0.6 is 0 Å². The average Bonchev–Trinajstić information content (AvgIpc) is 2.35. The summed E-state index contributed by atoms with van der Waals surface area (Å²) in [5.41, 5.74) is 6.83. The van der Waals surface area contributed by atoms with Gasteiger partial charge in [0, 0.05) is 11.6 Å². The zero-order valence-corrected chi connectivity index (χ0v) is 10.2. The standard InChI is InChI=1S/C15H17NO/c1-11(16)7-9-14-13-6-4-3-5-12(13)8-10-15(14)17-2/h3-11H,16H2,1-2H3/b9-7+. The van der Waals surface area contributed by atoms with Crippen LogP contribution in [0.5, 0.6) is 5.75 Å². The molecule has 0 amide bonds. The largest absolute Gasteiger partial charge is 0.496 e. The van der Waals surface area contributed by atoms with Crippen LogP contribution in [0.2, 0.25) is 0 Å². The van der Waals surface area contributed by atoms with E-state index in [1.807, 2.05) is 37.3 Å². The van der Waals surface area contributed by atoms with Crippen LogP contribution in [-0.4, -0.2) is 13.2 Å². The van der Waals surface area contributed by atoms with E-state index in [4.69, 9.17) is 10.5 Å². The van der Waals surface area contributed by atoms with Gasteiger partial charge in [0.2, 0.25) is 0 Å². The fourth-order valence-corrected chi connectivity index (χ4v) is 1.87. The first kappa shape index (κ1) is 11.7. The molecule has 1 unspecified atom stereocenters. The second-order valence-electron chi connectivity index (χ2n) is 4.12.